The lowest BCUT2D eigenvalue weighted by molar-refractivity contribution is -0.176. The lowest BCUT2D eigenvalue weighted by Crippen LogP contribution is -2.64. The number of halogens is 5. The summed E-state index contributed by atoms with van der Waals surface area (Å²) >= 11 is 28.1. The maximum Gasteiger partial charge on any atom is 0.308 e. The highest BCUT2D eigenvalue weighted by atomic mass is 35.5. The minimum absolute atomic E-state index is 0.00750. The summed E-state index contributed by atoms with van der Waals surface area (Å²) in [5.41, 5.74) is 11.9. The molecule has 35 heteroatoms. The molecule has 5 aliphatic rings. The van der Waals surface area contributed by atoms with E-state index < -0.39 is 60.7 Å². The number of carboxylic acids is 1. The third-order valence-corrected chi connectivity index (χ3v) is 20.0. The number of carbonyl (C=O) groups is 15. The topological polar surface area (TPSA) is 409 Å². The number of Topliss-reactive ketones (excluding diaryl/α,β-unsaturated/α-hetero) is 6. The molecule has 642 valence electrons. The van der Waals surface area contributed by atoms with E-state index in [1.54, 1.807) is 110 Å². The van der Waals surface area contributed by atoms with Crippen molar-refractivity contribution in [2.75, 3.05) is 78.0 Å². The Labute approximate surface area is 716 Å². The van der Waals surface area contributed by atoms with Crippen LogP contribution in [0.3, 0.4) is 0 Å². The van der Waals surface area contributed by atoms with Crippen molar-refractivity contribution in [3.05, 3.63) is 180 Å². The molecule has 30 nitrogen and oxygen atoms in total. The second-order valence-corrected chi connectivity index (χ2v) is 30.1. The van der Waals surface area contributed by atoms with Crippen LogP contribution in [0.1, 0.15) is 175 Å². The van der Waals surface area contributed by atoms with Gasteiger partial charge in [0, 0.05) is 109 Å². The summed E-state index contributed by atoms with van der Waals surface area (Å²) < 4.78 is 9.99. The second kappa shape index (κ2) is 48.9. The van der Waals surface area contributed by atoms with Gasteiger partial charge in [0.15, 0.2) is 40.4 Å². The number of hydrazine groups is 2. The Kier molecular flexibility index (Phi) is 41.3. The van der Waals surface area contributed by atoms with Crippen LogP contribution < -0.4 is 41.5 Å². The molecule has 5 saturated heterocycles. The number of nitrogen functional groups attached to an aromatic ring is 1. The number of likely N-dealkylation sites (N-methyl/N-ethyl adjacent to an activating group) is 2. The van der Waals surface area contributed by atoms with Crippen molar-refractivity contribution in [2.45, 2.75) is 155 Å². The Hall–Kier alpha value is -10.9. The minimum Gasteiger partial charge on any atom is -0.505 e. The molecule has 1 unspecified atom stereocenters. The Balaban J connectivity index is 0.000000294. The monoisotopic (exact) mass is 1740 g/mol. The van der Waals surface area contributed by atoms with Crippen LogP contribution in [0.5, 0.6) is 11.5 Å². The van der Waals surface area contributed by atoms with Crippen molar-refractivity contribution in [1.82, 2.24) is 41.3 Å². The van der Waals surface area contributed by atoms with Crippen molar-refractivity contribution in [2.24, 2.45) is 0 Å². The van der Waals surface area contributed by atoms with Crippen molar-refractivity contribution in [3.63, 3.8) is 0 Å². The molecule has 0 aliphatic carbocycles. The first-order valence-electron chi connectivity index (χ1n) is 37.5. The average Bonchev–Trinajstić information content (AvgIpc) is 1.72. The highest BCUT2D eigenvalue weighted by molar-refractivity contribution is 6.38. The van der Waals surface area contributed by atoms with E-state index in [1.807, 2.05) is 86.5 Å². The van der Waals surface area contributed by atoms with Crippen LogP contribution in [0.25, 0.3) is 0 Å². The summed E-state index contributed by atoms with van der Waals surface area (Å²) in [6.07, 6.45) is 2.72. The van der Waals surface area contributed by atoms with Gasteiger partial charge in [-0.25, -0.2) is 10.0 Å². The molecule has 5 fully saturated rings. The standard InChI is InChI=1S/C16H24N4O5.C15H22N4O6.2C10H13NO.C9H10O2.C8H6Cl2O2.C8H6Cl2O.C8H8ClNO/c1-9-11(8-14(22)25-9)18-15(23)12-4-3-7-19-13(21)6-5-10(17-2)16(24)20(12)19;1-16-10-4-5-12(21)18-6-2-3-11(19(18)15(10)25)14(24)17-9(8-20)7-13(22)23;1-8(12)9-4-6-10(7-5-9)11(2)3;1-8(12)9-5-4-6-10(7-9)11(2)3;1-7(10)8-3-5-9(11-2)6-4-8;1-4(11)5-2-6(9)8(12)7(10)3-5;1-5(11)6-2-7(9)4-8(10)3-6;1-5(11)6-2-3-8(10)7(9)4-6/h9-12,17H,3-8H2,1-2H3,(H,18,23);8-11,16H,2-7H2,1H3,(H,17,24)(H,22,23);2*4-7H,1-3H3;3-6H,1-2H3;2-3,12H,1H3;2-4H,1H3;2-4H,10H2,1H3/t9?,10-,11-,12-;9-,10-,11-;;;;;;/m00....../s1. The quantitative estimate of drug-likeness (QED) is 0.0182. The molecule has 0 spiro atoms. The number of carbonyl (C=O) groups excluding carboxylic acids is 14. The average molecular weight is 1750 g/mol. The van der Waals surface area contributed by atoms with Gasteiger partial charge in [-0.3, -0.25) is 77.1 Å². The molecule has 5 aliphatic heterocycles. The third kappa shape index (κ3) is 31.4. The number of fused-ring (bicyclic) bond motifs is 2. The molecule has 6 aromatic carbocycles. The van der Waals surface area contributed by atoms with Gasteiger partial charge in [0.25, 0.3) is 11.8 Å². The number of methoxy groups -OCH3 is 1. The van der Waals surface area contributed by atoms with E-state index in [4.69, 9.17) is 83.4 Å². The number of cyclic esters (lactones) is 1. The summed E-state index contributed by atoms with van der Waals surface area (Å²) in [5, 5.41) is 35.6. The van der Waals surface area contributed by atoms with E-state index in [2.05, 4.69) is 21.3 Å². The Morgan fingerprint density at radius 3 is 1.37 bits per heavy atom. The first-order chi connectivity index (χ1) is 56.0. The third-order valence-electron chi connectivity index (χ3n) is 18.7. The SMILES string of the molecule is CC(=O)c1cc(Cl)c(O)c(Cl)c1.CC(=O)c1cc(Cl)cc(Cl)c1.CC(=O)c1ccc(N(C)C)cc1.CC(=O)c1ccc(N)c(Cl)c1.CC(=O)c1cccc(N(C)C)c1.CN[C@H]1CCC(=O)N2CCC[C@@H](C(=O)N[C@H](C=O)CC(=O)O)N2C1=O.CN[C@H]1CCC(=O)N2CCC[C@@H](C(=O)N[C@H]3CC(=O)OC3C)N2C1=O.COc1ccc(C(C)=O)cc1. The number of carboxylic acid groups (broad SMARTS) is 1. The summed E-state index contributed by atoms with van der Waals surface area (Å²) in [5.74, 6) is -2.88. The number of hydrogen-bond donors (Lipinski definition) is 7. The van der Waals surface area contributed by atoms with Gasteiger partial charge in [0.2, 0.25) is 23.6 Å². The largest absolute Gasteiger partial charge is 0.505 e. The number of phenolic OH excluding ortho intramolecular Hbond substituents is 1. The van der Waals surface area contributed by atoms with E-state index >= 15 is 0 Å². The van der Waals surface area contributed by atoms with Gasteiger partial charge < -0.3 is 61.3 Å². The molecule has 7 atom stereocenters. The van der Waals surface area contributed by atoms with Crippen LogP contribution in [0, 0.1) is 0 Å². The lowest BCUT2D eigenvalue weighted by atomic mass is 10.0. The van der Waals surface area contributed by atoms with Crippen molar-refractivity contribution >= 4 is 163 Å². The normalized spacial score (nSPS) is 17.8. The maximum atomic E-state index is 12.8. The first-order valence-corrected chi connectivity index (χ1v) is 39.4. The lowest BCUT2D eigenvalue weighted by Gasteiger charge is -2.43. The van der Waals surface area contributed by atoms with Crippen LogP contribution >= 0.6 is 58.0 Å². The number of ether oxygens (including phenoxy) is 2. The molecule has 11 rings (SSSR count). The van der Waals surface area contributed by atoms with E-state index in [0.717, 1.165) is 33.3 Å². The second-order valence-electron chi connectivity index (χ2n) is 28.0. The fraction of sp³-hybridized carbons (Fsp3) is 0.393. The van der Waals surface area contributed by atoms with E-state index in [0.29, 0.717) is 101 Å². The fourth-order valence-electron chi connectivity index (χ4n) is 11.9. The predicted molar refractivity (Wildman–Crippen MR) is 455 cm³/mol. The number of hydrogen-bond acceptors (Lipinski definition) is 23. The smallest absolute Gasteiger partial charge is 0.308 e. The van der Waals surface area contributed by atoms with E-state index in [9.17, 15) is 71.9 Å². The Bertz CT molecular complexity index is 4590. The van der Waals surface area contributed by atoms with Gasteiger partial charge in [-0.2, -0.15) is 0 Å². The number of anilines is 3. The number of aldehydes is 1. The number of aromatic hydroxyl groups is 1. The molecule has 0 bridgehead atoms. The van der Waals surface area contributed by atoms with Crippen LogP contribution in [0.15, 0.2) is 121 Å². The number of aliphatic carboxylic acids is 1. The molecule has 6 aromatic rings. The van der Waals surface area contributed by atoms with Crippen LogP contribution in [-0.2, 0) is 47.9 Å². The van der Waals surface area contributed by atoms with Crippen LogP contribution in [0.4, 0.5) is 17.1 Å². The van der Waals surface area contributed by atoms with Crippen LogP contribution in [-0.4, -0.2) is 223 Å². The predicted octanol–water partition coefficient (Wildman–Crippen LogP) is 11.2. The number of ketones is 6. The summed E-state index contributed by atoms with van der Waals surface area (Å²) in [7, 11) is 12.7. The van der Waals surface area contributed by atoms with E-state index in [-0.39, 0.29) is 105 Å². The van der Waals surface area contributed by atoms with Crippen molar-refractivity contribution in [3.8, 4) is 11.5 Å². The Morgan fingerprint density at radius 2 is 0.975 bits per heavy atom. The van der Waals surface area contributed by atoms with Gasteiger partial charge in [0.05, 0.1) is 64.9 Å². The van der Waals surface area contributed by atoms with Crippen LogP contribution in [0.2, 0.25) is 25.1 Å². The fourth-order valence-corrected chi connectivity index (χ4v) is 13.1. The highest BCUT2D eigenvalue weighted by Gasteiger charge is 2.46. The van der Waals surface area contributed by atoms with E-state index in [1.165, 1.54) is 47.9 Å². The molecular formula is C84H102Cl5N11O19. The number of nitrogens with two attached hydrogens (primary N) is 1. The minimum atomic E-state index is -1.22. The molecule has 0 saturated carbocycles. The summed E-state index contributed by atoms with van der Waals surface area (Å²) in [6.45, 7) is 11.6. The summed E-state index contributed by atoms with van der Waals surface area (Å²) in [6, 6.07) is 30.2. The van der Waals surface area contributed by atoms with Crippen molar-refractivity contribution < 1.29 is 91.6 Å². The molecule has 0 aromatic heterocycles. The zero-order valence-electron chi connectivity index (χ0n) is 68.6. The zero-order chi connectivity index (χ0) is 89.4. The first kappa shape index (κ1) is 100. The number of nitrogens with zero attached hydrogens (tertiary/aromatic N) is 6. The molecule has 8 N–H and O–H groups in total. The summed E-state index contributed by atoms with van der Waals surface area (Å²) in [4.78, 5) is 178. The molecule has 6 amide bonds. The molecule has 0 radical (unpaired) electrons. The number of rotatable bonds is 18. The number of phenols is 1. The molecular weight excluding hydrogens is 1640 g/mol. The van der Waals surface area contributed by atoms with Gasteiger partial charge in [-0.1, -0.05) is 70.1 Å². The van der Waals surface area contributed by atoms with Gasteiger partial charge in [-0.05, 0) is 210 Å². The van der Waals surface area contributed by atoms with Crippen molar-refractivity contribution in [1.29, 1.82) is 0 Å². The van der Waals surface area contributed by atoms with Gasteiger partial charge in [0.1, 0.15) is 30.2 Å². The molecule has 119 heavy (non-hydrogen) atoms. The molecule has 5 heterocycles. The maximum absolute atomic E-state index is 12.8. The number of benzene rings is 6. The zero-order valence-corrected chi connectivity index (χ0v) is 72.4. The highest BCUT2D eigenvalue weighted by Crippen LogP contribution is 2.34. The number of nitrogens with one attached hydrogen (secondary N) is 4. The number of esters is 1. The Morgan fingerprint density at radius 1 is 0.555 bits per heavy atom. The van der Waals surface area contributed by atoms with Gasteiger partial charge in [-0.15, -0.1) is 0 Å². The number of amides is 6. The van der Waals surface area contributed by atoms with Gasteiger partial charge >= 0.3 is 11.9 Å².